The van der Waals surface area contributed by atoms with E-state index in [4.69, 9.17) is 4.74 Å². The Morgan fingerprint density at radius 3 is 2.59 bits per heavy atom. The summed E-state index contributed by atoms with van der Waals surface area (Å²) in [6.45, 7) is 6.46. The molecule has 1 unspecified atom stereocenters. The number of ether oxygens (including phenoxy) is 1. The summed E-state index contributed by atoms with van der Waals surface area (Å²) >= 11 is -2.00. The van der Waals surface area contributed by atoms with Crippen molar-refractivity contribution in [3.63, 3.8) is 0 Å². The standard InChI is InChI=1S/C18H23N3O5S/c1-3-21-18(23)15(10-19-21)17(22)14-5-4-13(11-27(24)25)16(12(14)2)20-6-8-26-9-7-20/h4-5,10,19H,3,6-9,11H2,1-2H3,(H,24,25). The van der Waals surface area contributed by atoms with Crippen molar-refractivity contribution in [3.8, 4) is 0 Å². The molecule has 0 spiro atoms. The molecule has 1 atom stereocenters. The monoisotopic (exact) mass is 393 g/mol. The molecule has 1 fully saturated rings. The van der Waals surface area contributed by atoms with Crippen LogP contribution in [0.5, 0.6) is 0 Å². The minimum atomic E-state index is -2.00. The van der Waals surface area contributed by atoms with E-state index in [0.717, 1.165) is 5.69 Å². The van der Waals surface area contributed by atoms with Gasteiger partial charge >= 0.3 is 0 Å². The molecular formula is C18H23N3O5S. The zero-order valence-corrected chi connectivity index (χ0v) is 16.2. The largest absolute Gasteiger partial charge is 0.378 e. The van der Waals surface area contributed by atoms with Gasteiger partial charge in [0.2, 0.25) is 5.78 Å². The predicted molar refractivity (Wildman–Crippen MR) is 103 cm³/mol. The smallest absolute Gasteiger partial charge is 0.277 e. The van der Waals surface area contributed by atoms with E-state index in [1.807, 2.05) is 13.8 Å². The van der Waals surface area contributed by atoms with Crippen molar-refractivity contribution in [2.45, 2.75) is 26.1 Å². The number of aromatic amines is 1. The van der Waals surface area contributed by atoms with Gasteiger partial charge in [-0.25, -0.2) is 4.21 Å². The maximum Gasteiger partial charge on any atom is 0.277 e. The Morgan fingerprint density at radius 2 is 2.00 bits per heavy atom. The van der Waals surface area contributed by atoms with Gasteiger partial charge in [0.1, 0.15) is 5.56 Å². The quantitative estimate of drug-likeness (QED) is 0.566. The average Bonchev–Trinajstić information content (AvgIpc) is 3.02. The summed E-state index contributed by atoms with van der Waals surface area (Å²) in [7, 11) is 0. The summed E-state index contributed by atoms with van der Waals surface area (Å²) in [5.41, 5.74) is 2.34. The SMILES string of the molecule is CCn1[nH]cc(C(=O)c2ccc(CS(=O)O)c(N3CCOCC3)c2C)c1=O. The zero-order chi connectivity index (χ0) is 19.6. The van der Waals surface area contributed by atoms with E-state index in [1.165, 1.54) is 10.9 Å². The first-order valence-electron chi connectivity index (χ1n) is 8.79. The second-order valence-corrected chi connectivity index (χ2v) is 7.31. The van der Waals surface area contributed by atoms with E-state index in [2.05, 4.69) is 10.00 Å². The van der Waals surface area contributed by atoms with Crippen molar-refractivity contribution in [2.75, 3.05) is 31.2 Å². The molecule has 8 nitrogen and oxygen atoms in total. The molecule has 0 aliphatic carbocycles. The molecule has 2 aromatic rings. The minimum Gasteiger partial charge on any atom is -0.378 e. The number of H-pyrrole nitrogens is 1. The summed E-state index contributed by atoms with van der Waals surface area (Å²) in [5.74, 6) is -0.374. The van der Waals surface area contributed by atoms with E-state index in [-0.39, 0.29) is 22.7 Å². The lowest BCUT2D eigenvalue weighted by Gasteiger charge is -2.32. The number of carbonyl (C=O) groups excluding carboxylic acids is 1. The molecule has 1 aromatic carbocycles. The molecule has 0 bridgehead atoms. The first-order valence-corrected chi connectivity index (χ1v) is 10.1. The molecule has 1 aliphatic heterocycles. The summed E-state index contributed by atoms with van der Waals surface area (Å²) < 4.78 is 27.5. The molecule has 2 N–H and O–H groups in total. The number of morpholine rings is 1. The van der Waals surface area contributed by atoms with Crippen LogP contribution >= 0.6 is 0 Å². The van der Waals surface area contributed by atoms with Crippen LogP contribution in [0, 0.1) is 6.92 Å². The number of aryl methyl sites for hydroxylation is 1. The van der Waals surface area contributed by atoms with Crippen molar-refractivity contribution in [1.82, 2.24) is 9.78 Å². The molecule has 3 rings (SSSR count). The second kappa shape index (κ2) is 8.20. The lowest BCUT2D eigenvalue weighted by molar-refractivity contribution is 0.103. The van der Waals surface area contributed by atoms with Gasteiger partial charge in [-0.15, -0.1) is 0 Å². The third kappa shape index (κ3) is 3.90. The molecule has 0 saturated carbocycles. The van der Waals surface area contributed by atoms with Crippen LogP contribution in [0.3, 0.4) is 0 Å². The van der Waals surface area contributed by atoms with Crippen molar-refractivity contribution in [3.05, 3.63) is 50.9 Å². The number of anilines is 1. The normalized spacial score (nSPS) is 15.7. The van der Waals surface area contributed by atoms with Gasteiger partial charge in [-0.05, 0) is 25.0 Å². The lowest BCUT2D eigenvalue weighted by Crippen LogP contribution is -2.37. The number of benzene rings is 1. The van der Waals surface area contributed by atoms with Crippen LogP contribution in [-0.2, 0) is 28.1 Å². The number of rotatable bonds is 6. The summed E-state index contributed by atoms with van der Waals surface area (Å²) in [5, 5.41) is 2.79. The fourth-order valence-corrected chi connectivity index (χ4v) is 3.93. The summed E-state index contributed by atoms with van der Waals surface area (Å²) in [6.07, 6.45) is 1.43. The van der Waals surface area contributed by atoms with Crippen molar-refractivity contribution in [1.29, 1.82) is 0 Å². The zero-order valence-electron chi connectivity index (χ0n) is 15.4. The third-order valence-electron chi connectivity index (χ3n) is 4.77. The maximum atomic E-state index is 13.0. The fraction of sp³-hybridized carbons (Fsp3) is 0.444. The Labute approximate surface area is 159 Å². The molecule has 0 radical (unpaired) electrons. The molecule has 0 amide bonds. The molecule has 9 heteroatoms. The van der Waals surface area contributed by atoms with Gasteiger partial charge in [0.15, 0.2) is 11.1 Å². The number of nitrogens with one attached hydrogen (secondary N) is 1. The number of carbonyl (C=O) groups is 1. The number of hydrogen-bond acceptors (Lipinski definition) is 5. The fourth-order valence-electron chi connectivity index (χ4n) is 3.43. The topological polar surface area (TPSA) is 105 Å². The Bertz CT molecular complexity index is 928. The number of nitrogens with zero attached hydrogens (tertiary/aromatic N) is 2. The van der Waals surface area contributed by atoms with Crippen LogP contribution in [-0.4, -0.2) is 50.6 Å². The Hall–Kier alpha value is -2.23. The van der Waals surface area contributed by atoms with Gasteiger partial charge in [-0.3, -0.25) is 14.3 Å². The van der Waals surface area contributed by atoms with Gasteiger partial charge in [0, 0.05) is 37.1 Å². The van der Waals surface area contributed by atoms with E-state index >= 15 is 0 Å². The van der Waals surface area contributed by atoms with Crippen molar-refractivity contribution in [2.24, 2.45) is 0 Å². The Balaban J connectivity index is 2.08. The highest BCUT2D eigenvalue weighted by Gasteiger charge is 2.24. The number of hydrogen-bond donors (Lipinski definition) is 2. The minimum absolute atomic E-state index is 0.0191. The van der Waals surface area contributed by atoms with E-state index < -0.39 is 11.1 Å². The Kier molecular flexibility index (Phi) is 5.93. The maximum absolute atomic E-state index is 13.0. The first-order chi connectivity index (χ1) is 12.9. The lowest BCUT2D eigenvalue weighted by atomic mass is 9.96. The van der Waals surface area contributed by atoms with Crippen LogP contribution in [0.25, 0.3) is 0 Å². The van der Waals surface area contributed by atoms with Gasteiger partial charge < -0.3 is 19.3 Å². The van der Waals surface area contributed by atoms with Crippen LogP contribution < -0.4 is 10.5 Å². The van der Waals surface area contributed by atoms with E-state index in [9.17, 15) is 18.4 Å². The van der Waals surface area contributed by atoms with Crippen LogP contribution in [0.4, 0.5) is 5.69 Å². The molecule has 1 saturated heterocycles. The summed E-state index contributed by atoms with van der Waals surface area (Å²) in [6, 6.07) is 3.33. The number of aromatic nitrogens is 2. The van der Waals surface area contributed by atoms with E-state index in [0.29, 0.717) is 49.5 Å². The highest BCUT2D eigenvalue weighted by Crippen LogP contribution is 2.30. The first kappa shape index (κ1) is 19.5. The molecule has 146 valence electrons. The van der Waals surface area contributed by atoms with Gasteiger partial charge in [-0.2, -0.15) is 0 Å². The highest BCUT2D eigenvalue weighted by molar-refractivity contribution is 7.78. The predicted octanol–water partition coefficient (Wildman–Crippen LogP) is 1.29. The van der Waals surface area contributed by atoms with E-state index in [1.54, 1.807) is 12.1 Å². The van der Waals surface area contributed by atoms with Crippen LogP contribution in [0.1, 0.15) is 34.0 Å². The Morgan fingerprint density at radius 1 is 1.30 bits per heavy atom. The molecule has 2 heterocycles. The van der Waals surface area contributed by atoms with Crippen LogP contribution in [0.2, 0.25) is 0 Å². The molecule has 1 aliphatic rings. The molecular weight excluding hydrogens is 370 g/mol. The van der Waals surface area contributed by atoms with Gasteiger partial charge in [-0.1, -0.05) is 12.1 Å². The van der Waals surface area contributed by atoms with Crippen molar-refractivity contribution < 1.29 is 18.3 Å². The van der Waals surface area contributed by atoms with Gasteiger partial charge in [0.05, 0.1) is 19.0 Å². The molecule has 1 aromatic heterocycles. The second-order valence-electron chi connectivity index (χ2n) is 6.38. The number of ketones is 1. The molecule has 27 heavy (non-hydrogen) atoms. The summed E-state index contributed by atoms with van der Waals surface area (Å²) in [4.78, 5) is 27.4. The highest BCUT2D eigenvalue weighted by atomic mass is 32.2. The van der Waals surface area contributed by atoms with Gasteiger partial charge in [0.25, 0.3) is 5.56 Å². The van der Waals surface area contributed by atoms with Crippen LogP contribution in [0.15, 0.2) is 23.1 Å². The third-order valence-corrected chi connectivity index (χ3v) is 5.32. The van der Waals surface area contributed by atoms with Crippen molar-refractivity contribution >= 4 is 22.6 Å². The average molecular weight is 393 g/mol.